The van der Waals surface area contributed by atoms with Crippen molar-refractivity contribution in [2.75, 3.05) is 25.0 Å². The number of anilines is 1. The fourth-order valence-corrected chi connectivity index (χ4v) is 4.39. The van der Waals surface area contributed by atoms with Crippen molar-refractivity contribution in [3.8, 4) is 0 Å². The first-order chi connectivity index (χ1) is 14.5. The lowest BCUT2D eigenvalue weighted by Crippen LogP contribution is -2.42. The van der Waals surface area contributed by atoms with Crippen molar-refractivity contribution in [1.82, 2.24) is 10.2 Å². The van der Waals surface area contributed by atoms with Crippen LogP contribution in [0.2, 0.25) is 0 Å². The first-order valence-corrected chi connectivity index (χ1v) is 11.0. The fraction of sp³-hybridized carbons (Fsp3) is 0.429. The molecule has 30 heavy (non-hydrogen) atoms. The molecule has 2 amide bonds. The van der Waals surface area contributed by atoms with E-state index in [1.807, 2.05) is 5.38 Å². The summed E-state index contributed by atoms with van der Waals surface area (Å²) in [6.07, 6.45) is 4.70. The lowest BCUT2D eigenvalue weighted by Gasteiger charge is -2.30. The van der Waals surface area contributed by atoms with E-state index in [1.54, 1.807) is 18.3 Å². The number of carbonyl (C=O) groups excluding carboxylic acids is 2. The molecule has 0 aliphatic carbocycles. The third-order valence-corrected chi connectivity index (χ3v) is 6.04. The van der Waals surface area contributed by atoms with E-state index in [2.05, 4.69) is 27.0 Å². The second-order valence-corrected chi connectivity index (χ2v) is 8.22. The number of nitro groups is 1. The predicted molar refractivity (Wildman–Crippen MR) is 117 cm³/mol. The van der Waals surface area contributed by atoms with Gasteiger partial charge in [-0.2, -0.15) is 11.3 Å². The second-order valence-electron chi connectivity index (χ2n) is 7.44. The molecular weight excluding hydrogens is 404 g/mol. The average Bonchev–Trinajstić information content (AvgIpc) is 3.12. The van der Waals surface area contributed by atoms with Gasteiger partial charge in [0.2, 0.25) is 0 Å². The normalized spacial score (nSPS) is 15.8. The largest absolute Gasteiger partial charge is 0.346 e. The van der Waals surface area contributed by atoms with Crippen LogP contribution in [0.25, 0.3) is 0 Å². The fourth-order valence-electron chi connectivity index (χ4n) is 3.68. The topological polar surface area (TPSA) is 105 Å². The highest BCUT2D eigenvalue weighted by Gasteiger charge is 2.24. The molecule has 1 atom stereocenters. The lowest BCUT2D eigenvalue weighted by molar-refractivity contribution is -0.384. The molecular formula is C21H26N4O4S. The number of nitrogens with one attached hydrogen (secondary N) is 2. The van der Waals surface area contributed by atoms with Gasteiger partial charge < -0.3 is 10.6 Å². The smallest absolute Gasteiger partial charge is 0.313 e. The highest BCUT2D eigenvalue weighted by atomic mass is 32.1. The zero-order valence-electron chi connectivity index (χ0n) is 16.9. The standard InChI is InChI=1S/C21H26N4O4S/c1-15-12-17(25(28)29)6-7-18(15)23-21(27)20(26)22-13-19(16-8-11-30-14-16)24-9-4-2-3-5-10-24/h6-8,11-12,14,19H,2-5,9-10,13H2,1H3,(H,22,26)(H,23,27). The minimum Gasteiger partial charge on any atom is -0.346 e. The number of rotatable bonds is 6. The molecule has 2 aromatic rings. The molecule has 2 N–H and O–H groups in total. The summed E-state index contributed by atoms with van der Waals surface area (Å²) in [6, 6.07) is 6.19. The third-order valence-electron chi connectivity index (χ3n) is 5.34. The summed E-state index contributed by atoms with van der Waals surface area (Å²) in [5.41, 5.74) is 1.98. The van der Waals surface area contributed by atoms with E-state index >= 15 is 0 Å². The summed E-state index contributed by atoms with van der Waals surface area (Å²) in [5.74, 6) is -1.50. The van der Waals surface area contributed by atoms with Crippen LogP contribution in [0, 0.1) is 17.0 Å². The molecule has 1 aliphatic heterocycles. The Morgan fingerprint density at radius 1 is 1.17 bits per heavy atom. The van der Waals surface area contributed by atoms with Crippen molar-refractivity contribution in [3.05, 3.63) is 56.3 Å². The number of nitrogens with zero attached hydrogens (tertiary/aromatic N) is 2. The van der Waals surface area contributed by atoms with Crippen molar-refractivity contribution in [3.63, 3.8) is 0 Å². The van der Waals surface area contributed by atoms with Gasteiger partial charge in [-0.15, -0.1) is 0 Å². The van der Waals surface area contributed by atoms with Crippen molar-refractivity contribution >= 4 is 34.5 Å². The summed E-state index contributed by atoms with van der Waals surface area (Å²) in [7, 11) is 0. The van der Waals surface area contributed by atoms with Gasteiger partial charge in [-0.05, 0) is 66.9 Å². The number of thiophene rings is 1. The monoisotopic (exact) mass is 430 g/mol. The van der Waals surface area contributed by atoms with Crippen LogP contribution in [0.5, 0.6) is 0 Å². The molecule has 8 nitrogen and oxygen atoms in total. The van der Waals surface area contributed by atoms with Gasteiger partial charge >= 0.3 is 11.8 Å². The summed E-state index contributed by atoms with van der Waals surface area (Å²) in [4.78, 5) is 37.5. The van der Waals surface area contributed by atoms with Gasteiger partial charge in [0, 0.05) is 24.4 Å². The number of aryl methyl sites for hydroxylation is 1. The van der Waals surface area contributed by atoms with E-state index < -0.39 is 16.7 Å². The van der Waals surface area contributed by atoms with Crippen LogP contribution in [0.4, 0.5) is 11.4 Å². The summed E-state index contributed by atoms with van der Waals surface area (Å²) in [6.45, 7) is 3.95. The van der Waals surface area contributed by atoms with Crippen molar-refractivity contribution in [2.45, 2.75) is 38.6 Å². The van der Waals surface area contributed by atoms with Crippen LogP contribution in [-0.4, -0.2) is 41.3 Å². The Kier molecular flexibility index (Phi) is 7.53. The molecule has 3 rings (SSSR count). The molecule has 1 aromatic carbocycles. The highest BCUT2D eigenvalue weighted by molar-refractivity contribution is 7.08. The van der Waals surface area contributed by atoms with E-state index in [9.17, 15) is 19.7 Å². The van der Waals surface area contributed by atoms with E-state index in [0.717, 1.165) is 31.5 Å². The molecule has 0 bridgehead atoms. The second kappa shape index (κ2) is 10.3. The maximum Gasteiger partial charge on any atom is 0.313 e. The van der Waals surface area contributed by atoms with Crippen molar-refractivity contribution in [1.29, 1.82) is 0 Å². The maximum absolute atomic E-state index is 12.4. The molecule has 9 heteroatoms. The van der Waals surface area contributed by atoms with Crippen LogP contribution in [0.15, 0.2) is 35.0 Å². The van der Waals surface area contributed by atoms with E-state index in [4.69, 9.17) is 0 Å². The number of hydrogen-bond acceptors (Lipinski definition) is 6. The van der Waals surface area contributed by atoms with Gasteiger partial charge in [-0.3, -0.25) is 24.6 Å². The summed E-state index contributed by atoms with van der Waals surface area (Å²) >= 11 is 1.62. The number of benzene rings is 1. The molecule has 160 valence electrons. The average molecular weight is 431 g/mol. The molecule has 1 aromatic heterocycles. The number of nitro benzene ring substituents is 1. The lowest BCUT2D eigenvalue weighted by atomic mass is 10.1. The van der Waals surface area contributed by atoms with Gasteiger partial charge in [0.15, 0.2) is 0 Å². The van der Waals surface area contributed by atoms with Crippen LogP contribution >= 0.6 is 11.3 Å². The molecule has 0 spiro atoms. The van der Waals surface area contributed by atoms with E-state index in [1.165, 1.54) is 31.0 Å². The Balaban J connectivity index is 1.62. The molecule has 0 radical (unpaired) electrons. The minimum atomic E-state index is -0.785. The maximum atomic E-state index is 12.4. The van der Waals surface area contributed by atoms with Crippen molar-refractivity contribution < 1.29 is 14.5 Å². The Hall–Kier alpha value is -2.78. The van der Waals surface area contributed by atoms with Crippen LogP contribution in [-0.2, 0) is 9.59 Å². The summed E-state index contributed by atoms with van der Waals surface area (Å²) < 4.78 is 0. The first-order valence-electron chi connectivity index (χ1n) is 10.1. The predicted octanol–water partition coefficient (Wildman–Crippen LogP) is 3.64. The highest BCUT2D eigenvalue weighted by Crippen LogP contribution is 2.25. The zero-order valence-corrected chi connectivity index (χ0v) is 17.7. The SMILES string of the molecule is Cc1cc([N+](=O)[O-])ccc1NC(=O)C(=O)NCC(c1ccsc1)N1CCCCCC1. The number of carbonyl (C=O) groups is 2. The third kappa shape index (κ3) is 5.64. The molecule has 1 saturated heterocycles. The van der Waals surface area contributed by atoms with Gasteiger partial charge in [-0.25, -0.2) is 0 Å². The number of amides is 2. The van der Waals surface area contributed by atoms with E-state index in [-0.39, 0.29) is 11.7 Å². The van der Waals surface area contributed by atoms with E-state index in [0.29, 0.717) is 17.8 Å². The molecule has 1 aliphatic rings. The van der Waals surface area contributed by atoms with Crippen LogP contribution in [0.3, 0.4) is 0 Å². The van der Waals surface area contributed by atoms with Gasteiger partial charge in [0.1, 0.15) is 0 Å². The van der Waals surface area contributed by atoms with Crippen LogP contribution in [0.1, 0.15) is 42.9 Å². The molecule has 1 fully saturated rings. The minimum absolute atomic E-state index is 0.0345. The number of likely N-dealkylation sites (tertiary alicyclic amines) is 1. The van der Waals surface area contributed by atoms with Gasteiger partial charge in [0.05, 0.1) is 11.0 Å². The van der Waals surface area contributed by atoms with Crippen LogP contribution < -0.4 is 10.6 Å². The Labute approximate surface area is 179 Å². The zero-order chi connectivity index (χ0) is 21.5. The Morgan fingerprint density at radius 2 is 1.90 bits per heavy atom. The quantitative estimate of drug-likeness (QED) is 0.414. The Bertz CT molecular complexity index is 892. The first kappa shape index (κ1) is 21.9. The van der Waals surface area contributed by atoms with Crippen molar-refractivity contribution in [2.24, 2.45) is 0 Å². The Morgan fingerprint density at radius 3 is 2.50 bits per heavy atom. The van der Waals surface area contributed by atoms with Gasteiger partial charge in [0.25, 0.3) is 5.69 Å². The molecule has 1 unspecified atom stereocenters. The number of non-ortho nitro benzene ring substituents is 1. The molecule has 0 saturated carbocycles. The summed E-state index contributed by atoms with van der Waals surface area (Å²) in [5, 5.41) is 20.2. The number of hydrogen-bond donors (Lipinski definition) is 2. The van der Waals surface area contributed by atoms with Gasteiger partial charge in [-0.1, -0.05) is 12.8 Å². The molecule has 2 heterocycles.